The average molecular weight is 276 g/mol. The molecule has 1 saturated carbocycles. The van der Waals surface area contributed by atoms with Crippen molar-refractivity contribution in [2.75, 3.05) is 0 Å². The van der Waals surface area contributed by atoms with Gasteiger partial charge in [0.25, 0.3) is 0 Å². The van der Waals surface area contributed by atoms with E-state index in [1.807, 2.05) is 12.3 Å². The van der Waals surface area contributed by atoms with E-state index >= 15 is 0 Å². The van der Waals surface area contributed by atoms with Gasteiger partial charge in [-0.25, -0.2) is 4.98 Å². The molecule has 0 saturated heterocycles. The maximum absolute atomic E-state index is 5.47. The molecule has 0 amide bonds. The van der Waals surface area contributed by atoms with E-state index in [2.05, 4.69) is 40.3 Å². The lowest BCUT2D eigenvalue weighted by atomic mass is 9.81. The van der Waals surface area contributed by atoms with Crippen LogP contribution in [0.25, 0.3) is 22.5 Å². The van der Waals surface area contributed by atoms with Crippen LogP contribution in [0, 0.1) is 0 Å². The summed E-state index contributed by atoms with van der Waals surface area (Å²) in [4.78, 5) is 8.68. The van der Waals surface area contributed by atoms with Crippen molar-refractivity contribution in [3.63, 3.8) is 0 Å². The fraction of sp³-hybridized carbons (Fsp3) is 0.222. The highest BCUT2D eigenvalue weighted by molar-refractivity contribution is 5.80. The minimum atomic E-state index is 0.622. The molecule has 3 nitrogen and oxygen atoms in total. The summed E-state index contributed by atoms with van der Waals surface area (Å²) in [7, 11) is 0. The quantitative estimate of drug-likeness (QED) is 0.697. The molecule has 3 aromatic rings. The van der Waals surface area contributed by atoms with Gasteiger partial charge in [-0.05, 0) is 30.0 Å². The van der Waals surface area contributed by atoms with Gasteiger partial charge >= 0.3 is 0 Å². The molecule has 0 spiro atoms. The normalized spacial score (nSPS) is 14.9. The molecule has 0 unspecified atom stereocenters. The summed E-state index contributed by atoms with van der Waals surface area (Å²) < 4.78 is 5.47. The van der Waals surface area contributed by atoms with E-state index in [1.54, 1.807) is 6.20 Å². The molecular formula is C18H16N2O. The van der Waals surface area contributed by atoms with Crippen molar-refractivity contribution in [2.45, 2.75) is 25.2 Å². The second-order valence-electron chi connectivity index (χ2n) is 5.51. The first-order chi connectivity index (χ1) is 10.4. The summed E-state index contributed by atoms with van der Waals surface area (Å²) in [5.41, 5.74) is 4.56. The van der Waals surface area contributed by atoms with E-state index in [4.69, 9.17) is 4.42 Å². The van der Waals surface area contributed by atoms with Gasteiger partial charge in [-0.3, -0.25) is 4.98 Å². The number of hydrogen-bond acceptors (Lipinski definition) is 3. The van der Waals surface area contributed by atoms with Crippen molar-refractivity contribution in [1.29, 1.82) is 0 Å². The van der Waals surface area contributed by atoms with E-state index in [0.29, 0.717) is 5.92 Å². The number of rotatable bonds is 3. The van der Waals surface area contributed by atoms with Crippen LogP contribution >= 0.6 is 0 Å². The van der Waals surface area contributed by atoms with Gasteiger partial charge in [-0.1, -0.05) is 36.8 Å². The zero-order chi connectivity index (χ0) is 14.1. The summed E-state index contributed by atoms with van der Waals surface area (Å²) in [5.74, 6) is 1.39. The number of aromatic nitrogens is 2. The Balaban J connectivity index is 1.86. The summed E-state index contributed by atoms with van der Waals surface area (Å²) in [5, 5.41) is 0. The fourth-order valence-electron chi connectivity index (χ4n) is 2.80. The second-order valence-corrected chi connectivity index (χ2v) is 5.51. The molecule has 2 aromatic heterocycles. The van der Waals surface area contributed by atoms with Gasteiger partial charge in [0, 0.05) is 23.4 Å². The van der Waals surface area contributed by atoms with Crippen molar-refractivity contribution in [3.8, 4) is 22.5 Å². The molecule has 21 heavy (non-hydrogen) atoms. The van der Waals surface area contributed by atoms with Gasteiger partial charge in [0.05, 0.1) is 6.20 Å². The Bertz CT molecular complexity index is 731. The average Bonchev–Trinajstić information content (AvgIpc) is 3.00. The highest BCUT2D eigenvalue weighted by Gasteiger charge is 2.22. The molecule has 0 bridgehead atoms. The molecular weight excluding hydrogens is 260 g/mol. The van der Waals surface area contributed by atoms with Crippen molar-refractivity contribution < 1.29 is 4.42 Å². The number of nitrogens with zero attached hydrogens (tertiary/aromatic N) is 2. The number of benzene rings is 1. The van der Waals surface area contributed by atoms with Gasteiger partial charge in [-0.2, -0.15) is 0 Å². The molecule has 1 aliphatic carbocycles. The summed E-state index contributed by atoms with van der Waals surface area (Å²) >= 11 is 0. The fourth-order valence-corrected chi connectivity index (χ4v) is 2.80. The molecule has 1 aromatic carbocycles. The van der Waals surface area contributed by atoms with Crippen LogP contribution in [0.15, 0.2) is 59.6 Å². The molecule has 3 heteroatoms. The zero-order valence-corrected chi connectivity index (χ0v) is 11.7. The minimum absolute atomic E-state index is 0.622. The third-order valence-corrected chi connectivity index (χ3v) is 4.23. The number of hydrogen-bond donors (Lipinski definition) is 0. The molecule has 104 valence electrons. The first kappa shape index (κ1) is 12.3. The van der Waals surface area contributed by atoms with E-state index in [-0.39, 0.29) is 0 Å². The van der Waals surface area contributed by atoms with Crippen molar-refractivity contribution >= 4 is 0 Å². The van der Waals surface area contributed by atoms with Gasteiger partial charge in [-0.15, -0.1) is 0 Å². The van der Waals surface area contributed by atoms with E-state index in [1.165, 1.54) is 42.5 Å². The Labute approximate surface area is 123 Å². The molecule has 4 rings (SSSR count). The van der Waals surface area contributed by atoms with Crippen LogP contribution in [0.3, 0.4) is 0 Å². The van der Waals surface area contributed by atoms with Crippen molar-refractivity contribution in [2.24, 2.45) is 0 Å². The Morgan fingerprint density at radius 1 is 1.00 bits per heavy atom. The number of pyridine rings is 1. The third-order valence-electron chi connectivity index (χ3n) is 4.23. The van der Waals surface area contributed by atoms with Gasteiger partial charge in [0.2, 0.25) is 0 Å². The van der Waals surface area contributed by atoms with Crippen LogP contribution < -0.4 is 0 Å². The zero-order valence-electron chi connectivity index (χ0n) is 11.7. The Kier molecular flexibility index (Phi) is 3.03. The first-order valence-corrected chi connectivity index (χ1v) is 7.36. The molecule has 0 aliphatic heterocycles. The lowest BCUT2D eigenvalue weighted by molar-refractivity contribution is 0.411. The predicted octanol–water partition coefficient (Wildman–Crippen LogP) is 4.67. The molecule has 0 N–H and O–H groups in total. The molecule has 1 aliphatic rings. The van der Waals surface area contributed by atoms with E-state index < -0.39 is 0 Å². The Morgan fingerprint density at radius 2 is 1.86 bits per heavy atom. The molecule has 1 fully saturated rings. The predicted molar refractivity (Wildman–Crippen MR) is 81.8 cm³/mol. The van der Waals surface area contributed by atoms with Gasteiger partial charge in [0.1, 0.15) is 0 Å². The number of oxazole rings is 1. The second kappa shape index (κ2) is 5.17. The van der Waals surface area contributed by atoms with Crippen molar-refractivity contribution in [3.05, 3.63) is 60.9 Å². The summed E-state index contributed by atoms with van der Waals surface area (Å²) in [6.07, 6.45) is 8.95. The summed E-state index contributed by atoms with van der Waals surface area (Å²) in [6.45, 7) is 0. The van der Waals surface area contributed by atoms with Crippen molar-refractivity contribution in [1.82, 2.24) is 9.97 Å². The molecule has 2 heterocycles. The standard InChI is InChI=1S/C18H16N2O/c1-2-5-13(6-3-1)15-9-17(14-7-4-8-14)20-10-16(15)18-11-19-12-21-18/h1-3,5-6,9-12,14H,4,7-8H2. The Morgan fingerprint density at radius 3 is 2.52 bits per heavy atom. The highest BCUT2D eigenvalue weighted by atomic mass is 16.3. The van der Waals surface area contributed by atoms with Crippen LogP contribution in [-0.2, 0) is 0 Å². The molecule has 0 atom stereocenters. The Hall–Kier alpha value is -2.42. The lowest BCUT2D eigenvalue weighted by Gasteiger charge is -2.25. The van der Waals surface area contributed by atoms with Gasteiger partial charge < -0.3 is 4.42 Å². The maximum atomic E-state index is 5.47. The minimum Gasteiger partial charge on any atom is -0.443 e. The lowest BCUT2D eigenvalue weighted by Crippen LogP contribution is -2.10. The smallest absolute Gasteiger partial charge is 0.181 e. The van der Waals surface area contributed by atoms with Crippen LogP contribution in [0.5, 0.6) is 0 Å². The highest BCUT2D eigenvalue weighted by Crippen LogP contribution is 2.39. The SMILES string of the molecule is c1ccc(-c2cc(C3CCC3)ncc2-c2cnco2)cc1. The monoisotopic (exact) mass is 276 g/mol. The third kappa shape index (κ3) is 2.25. The largest absolute Gasteiger partial charge is 0.443 e. The van der Waals surface area contributed by atoms with Crippen LogP contribution in [0.2, 0.25) is 0 Å². The summed E-state index contributed by atoms with van der Waals surface area (Å²) in [6, 6.07) is 12.6. The van der Waals surface area contributed by atoms with E-state index in [0.717, 1.165) is 11.3 Å². The van der Waals surface area contributed by atoms with Crippen LogP contribution in [-0.4, -0.2) is 9.97 Å². The van der Waals surface area contributed by atoms with E-state index in [9.17, 15) is 0 Å². The topological polar surface area (TPSA) is 38.9 Å². The van der Waals surface area contributed by atoms with Gasteiger partial charge in [0.15, 0.2) is 12.2 Å². The van der Waals surface area contributed by atoms with Crippen LogP contribution in [0.4, 0.5) is 0 Å². The molecule has 0 radical (unpaired) electrons. The maximum Gasteiger partial charge on any atom is 0.181 e. The first-order valence-electron chi connectivity index (χ1n) is 7.36. The van der Waals surface area contributed by atoms with Crippen LogP contribution in [0.1, 0.15) is 30.9 Å².